The number of nitrogens with one attached hydrogen (secondary N) is 1. The molecule has 0 unspecified atom stereocenters. The Morgan fingerprint density at radius 3 is 3.00 bits per heavy atom. The summed E-state index contributed by atoms with van der Waals surface area (Å²) < 4.78 is 5.99. The molecule has 3 heterocycles. The van der Waals surface area contributed by atoms with Crippen LogP contribution in [0.5, 0.6) is 0 Å². The van der Waals surface area contributed by atoms with E-state index in [-0.39, 0.29) is 0 Å². The van der Waals surface area contributed by atoms with Crippen LogP contribution in [0.2, 0.25) is 0 Å². The fraction of sp³-hybridized carbons (Fsp3) is 0.188. The van der Waals surface area contributed by atoms with E-state index in [2.05, 4.69) is 30.9 Å². The number of aliphatic imine (C=N–C) groups is 1. The number of aromatic amines is 1. The van der Waals surface area contributed by atoms with Crippen molar-refractivity contribution in [2.45, 2.75) is 6.92 Å². The fourth-order valence-electron chi connectivity index (χ4n) is 2.63. The highest BCUT2D eigenvalue weighted by molar-refractivity contribution is 9.10. The van der Waals surface area contributed by atoms with Crippen molar-refractivity contribution in [3.63, 3.8) is 0 Å². The lowest BCUT2D eigenvalue weighted by molar-refractivity contribution is 0.0519. The van der Waals surface area contributed by atoms with Crippen molar-refractivity contribution < 1.29 is 9.53 Å². The quantitative estimate of drug-likeness (QED) is 0.729. The zero-order valence-corrected chi connectivity index (χ0v) is 13.4. The largest absolute Gasteiger partial charge is 0.461 e. The van der Waals surface area contributed by atoms with E-state index in [0.29, 0.717) is 12.3 Å². The van der Waals surface area contributed by atoms with Crippen molar-refractivity contribution in [1.29, 1.82) is 0 Å². The molecule has 2 aromatic heterocycles. The molecule has 0 atom stereocenters. The third kappa shape index (κ3) is 2.02. The van der Waals surface area contributed by atoms with Gasteiger partial charge >= 0.3 is 5.97 Å². The first-order chi connectivity index (χ1) is 10.7. The van der Waals surface area contributed by atoms with Crippen LogP contribution in [0.1, 0.15) is 23.0 Å². The van der Waals surface area contributed by atoms with Gasteiger partial charge in [-0.15, -0.1) is 0 Å². The Balaban J connectivity index is 1.97. The van der Waals surface area contributed by atoms with E-state index >= 15 is 0 Å². The van der Waals surface area contributed by atoms with Crippen molar-refractivity contribution in [1.82, 2.24) is 9.97 Å². The van der Waals surface area contributed by atoms with E-state index < -0.39 is 5.97 Å². The SMILES string of the molecule is CCOC(=O)c1cc2[nH]c3c(C4=NC4)ccc(Br)c3c2cn1. The van der Waals surface area contributed by atoms with Crippen LogP contribution in [-0.2, 0) is 4.74 Å². The van der Waals surface area contributed by atoms with Crippen LogP contribution >= 0.6 is 15.9 Å². The van der Waals surface area contributed by atoms with Crippen molar-refractivity contribution >= 4 is 49.4 Å². The number of rotatable bonds is 3. The molecular weight excluding hydrogens is 346 g/mol. The molecule has 4 rings (SSSR count). The Bertz CT molecular complexity index is 959. The molecule has 0 aliphatic carbocycles. The molecule has 110 valence electrons. The molecule has 1 aromatic carbocycles. The second-order valence-electron chi connectivity index (χ2n) is 5.07. The number of carbonyl (C=O) groups excluding carboxylic acids is 1. The maximum atomic E-state index is 11.8. The van der Waals surface area contributed by atoms with E-state index in [1.54, 1.807) is 19.2 Å². The van der Waals surface area contributed by atoms with Crippen LogP contribution in [0, 0.1) is 0 Å². The summed E-state index contributed by atoms with van der Waals surface area (Å²) in [5.74, 6) is -0.408. The molecule has 1 aliphatic heterocycles. The van der Waals surface area contributed by atoms with Crippen LogP contribution < -0.4 is 0 Å². The molecular formula is C16H12BrN3O2. The van der Waals surface area contributed by atoms with Gasteiger partial charge in [-0.1, -0.05) is 15.9 Å². The van der Waals surface area contributed by atoms with E-state index in [1.807, 2.05) is 12.1 Å². The second-order valence-corrected chi connectivity index (χ2v) is 5.92. The molecule has 0 bridgehead atoms. The van der Waals surface area contributed by atoms with Crippen molar-refractivity contribution in [2.24, 2.45) is 4.99 Å². The van der Waals surface area contributed by atoms with Gasteiger partial charge in [-0.05, 0) is 25.1 Å². The molecule has 0 spiro atoms. The van der Waals surface area contributed by atoms with E-state index in [4.69, 9.17) is 4.74 Å². The number of hydrogen-bond donors (Lipinski definition) is 1. The molecule has 0 saturated heterocycles. The minimum Gasteiger partial charge on any atom is -0.461 e. The number of benzene rings is 1. The first kappa shape index (κ1) is 13.5. The summed E-state index contributed by atoms with van der Waals surface area (Å²) >= 11 is 3.59. The zero-order valence-electron chi connectivity index (χ0n) is 11.8. The number of esters is 1. The number of fused-ring (bicyclic) bond motifs is 3. The molecule has 5 nitrogen and oxygen atoms in total. The first-order valence-corrected chi connectivity index (χ1v) is 7.79. The van der Waals surface area contributed by atoms with E-state index in [9.17, 15) is 4.79 Å². The van der Waals surface area contributed by atoms with Crippen LogP contribution in [-0.4, -0.2) is 34.8 Å². The van der Waals surface area contributed by atoms with Gasteiger partial charge in [0.15, 0.2) is 0 Å². The first-order valence-electron chi connectivity index (χ1n) is 6.99. The monoisotopic (exact) mass is 357 g/mol. The number of H-pyrrole nitrogens is 1. The zero-order chi connectivity index (χ0) is 15.3. The Kier molecular flexibility index (Phi) is 3.00. The average Bonchev–Trinajstić information content (AvgIpc) is 3.27. The molecule has 1 N–H and O–H groups in total. The number of halogens is 1. The van der Waals surface area contributed by atoms with Crippen LogP contribution in [0.3, 0.4) is 0 Å². The summed E-state index contributed by atoms with van der Waals surface area (Å²) in [6, 6.07) is 5.80. The van der Waals surface area contributed by atoms with Crippen LogP contribution in [0.25, 0.3) is 21.8 Å². The molecule has 0 radical (unpaired) electrons. The average molecular weight is 358 g/mol. The summed E-state index contributed by atoms with van der Waals surface area (Å²) in [6.45, 7) is 2.90. The van der Waals surface area contributed by atoms with Gasteiger partial charge in [0.2, 0.25) is 0 Å². The molecule has 0 amide bonds. The summed E-state index contributed by atoms with van der Waals surface area (Å²) in [5.41, 5.74) is 4.39. The summed E-state index contributed by atoms with van der Waals surface area (Å²) in [6.07, 6.45) is 1.71. The summed E-state index contributed by atoms with van der Waals surface area (Å²) in [5, 5.41) is 2.03. The van der Waals surface area contributed by atoms with Gasteiger partial charge in [-0.25, -0.2) is 9.78 Å². The third-order valence-corrected chi connectivity index (χ3v) is 4.36. The lowest BCUT2D eigenvalue weighted by Crippen LogP contribution is -2.06. The Morgan fingerprint density at radius 1 is 1.45 bits per heavy atom. The topological polar surface area (TPSA) is 67.3 Å². The van der Waals surface area contributed by atoms with Gasteiger partial charge in [0.05, 0.1) is 29.9 Å². The number of ether oxygens (including phenoxy) is 1. The highest BCUT2D eigenvalue weighted by atomic mass is 79.9. The van der Waals surface area contributed by atoms with Crippen molar-refractivity contribution in [3.05, 3.63) is 40.1 Å². The van der Waals surface area contributed by atoms with Crippen LogP contribution in [0.15, 0.2) is 33.9 Å². The second kappa shape index (κ2) is 4.91. The number of carbonyl (C=O) groups is 1. The smallest absolute Gasteiger partial charge is 0.356 e. The van der Waals surface area contributed by atoms with Crippen molar-refractivity contribution in [3.8, 4) is 0 Å². The van der Waals surface area contributed by atoms with Gasteiger partial charge in [0.25, 0.3) is 0 Å². The van der Waals surface area contributed by atoms with E-state index in [1.165, 1.54) is 0 Å². The lowest BCUT2D eigenvalue weighted by atomic mass is 10.1. The molecule has 1 aliphatic rings. The molecule has 6 heteroatoms. The Labute approximate surface area is 134 Å². The van der Waals surface area contributed by atoms with Gasteiger partial charge in [-0.3, -0.25) is 4.99 Å². The predicted octanol–water partition coefficient (Wildman–Crippen LogP) is 3.46. The van der Waals surface area contributed by atoms with Gasteiger partial charge < -0.3 is 9.72 Å². The maximum absolute atomic E-state index is 11.8. The minimum atomic E-state index is -0.408. The molecule has 22 heavy (non-hydrogen) atoms. The Morgan fingerprint density at radius 2 is 2.27 bits per heavy atom. The minimum absolute atomic E-state index is 0.308. The highest BCUT2D eigenvalue weighted by Gasteiger charge is 2.20. The normalized spacial score (nSPS) is 13.5. The third-order valence-electron chi connectivity index (χ3n) is 3.70. The summed E-state index contributed by atoms with van der Waals surface area (Å²) in [4.78, 5) is 23.7. The van der Waals surface area contributed by atoms with E-state index in [0.717, 1.165) is 44.1 Å². The fourth-order valence-corrected chi connectivity index (χ4v) is 3.17. The van der Waals surface area contributed by atoms with Gasteiger partial charge in [0.1, 0.15) is 5.69 Å². The number of aromatic nitrogens is 2. The van der Waals surface area contributed by atoms with Crippen molar-refractivity contribution in [2.75, 3.05) is 13.2 Å². The molecule has 3 aromatic rings. The number of hydrogen-bond acceptors (Lipinski definition) is 4. The van der Waals surface area contributed by atoms with Gasteiger partial charge in [-0.2, -0.15) is 0 Å². The Hall–Kier alpha value is -2.21. The number of pyridine rings is 1. The molecule has 0 fully saturated rings. The number of nitrogens with zero attached hydrogens (tertiary/aromatic N) is 2. The lowest BCUT2D eigenvalue weighted by Gasteiger charge is -2.01. The molecule has 0 saturated carbocycles. The van der Waals surface area contributed by atoms with Crippen LogP contribution in [0.4, 0.5) is 0 Å². The highest BCUT2D eigenvalue weighted by Crippen LogP contribution is 2.35. The summed E-state index contributed by atoms with van der Waals surface area (Å²) in [7, 11) is 0. The predicted molar refractivity (Wildman–Crippen MR) is 88.7 cm³/mol. The van der Waals surface area contributed by atoms with Gasteiger partial charge in [0, 0.05) is 27.0 Å². The standard InChI is InChI=1S/C16H12BrN3O2/c1-2-22-16(21)12-5-11-9(6-18-12)14-10(17)4-3-8(13-7-19-13)15(14)20-11/h3-6,20H,2,7H2,1H3. The maximum Gasteiger partial charge on any atom is 0.356 e.